The molecular formula is C20H25NO4. The number of aliphatic hydroxyl groups is 1. The van der Waals surface area contributed by atoms with Gasteiger partial charge in [-0.1, -0.05) is 36.4 Å². The summed E-state index contributed by atoms with van der Waals surface area (Å²) >= 11 is 0. The molecule has 1 N–H and O–H groups in total. The summed E-state index contributed by atoms with van der Waals surface area (Å²) in [4.78, 5) is 2.32. The molecule has 2 aromatic rings. The number of hydrogen-bond donors (Lipinski definition) is 1. The summed E-state index contributed by atoms with van der Waals surface area (Å²) in [6.07, 6.45) is -0.253. The van der Waals surface area contributed by atoms with Crippen LogP contribution < -0.4 is 9.47 Å². The molecule has 3 rings (SSSR count). The highest BCUT2D eigenvalue weighted by atomic mass is 16.5. The van der Waals surface area contributed by atoms with E-state index in [0.29, 0.717) is 13.2 Å². The SMILES string of the molecule is COc1cccc(OC)c1CN1CCO[C@H](CO)[C@H]1c1ccccc1. The van der Waals surface area contributed by atoms with Crippen LogP contribution >= 0.6 is 0 Å². The summed E-state index contributed by atoms with van der Waals surface area (Å²) in [5, 5.41) is 9.81. The van der Waals surface area contributed by atoms with Crippen LogP contribution in [0.3, 0.4) is 0 Å². The monoisotopic (exact) mass is 343 g/mol. The number of ether oxygens (including phenoxy) is 3. The molecular weight excluding hydrogens is 318 g/mol. The zero-order valence-corrected chi connectivity index (χ0v) is 14.7. The van der Waals surface area contributed by atoms with E-state index in [-0.39, 0.29) is 18.8 Å². The van der Waals surface area contributed by atoms with Gasteiger partial charge in [0.2, 0.25) is 0 Å². The summed E-state index contributed by atoms with van der Waals surface area (Å²) < 4.78 is 16.9. The molecule has 0 bridgehead atoms. The van der Waals surface area contributed by atoms with Crippen LogP contribution in [0, 0.1) is 0 Å². The van der Waals surface area contributed by atoms with Crippen molar-refractivity contribution >= 4 is 0 Å². The first-order valence-corrected chi connectivity index (χ1v) is 8.49. The van der Waals surface area contributed by atoms with Crippen molar-refractivity contribution < 1.29 is 19.3 Å². The number of methoxy groups -OCH3 is 2. The van der Waals surface area contributed by atoms with Crippen molar-refractivity contribution in [1.29, 1.82) is 0 Å². The minimum atomic E-state index is -0.253. The molecule has 5 heteroatoms. The molecule has 1 heterocycles. The van der Waals surface area contributed by atoms with Crippen molar-refractivity contribution in [3.05, 3.63) is 59.7 Å². The van der Waals surface area contributed by atoms with Gasteiger partial charge in [0.05, 0.1) is 39.0 Å². The van der Waals surface area contributed by atoms with E-state index in [9.17, 15) is 5.11 Å². The molecule has 1 aliphatic heterocycles. The van der Waals surface area contributed by atoms with Gasteiger partial charge >= 0.3 is 0 Å². The van der Waals surface area contributed by atoms with Gasteiger partial charge in [-0.15, -0.1) is 0 Å². The Hall–Kier alpha value is -2.08. The Kier molecular flexibility index (Phi) is 5.91. The van der Waals surface area contributed by atoms with Gasteiger partial charge in [0, 0.05) is 13.1 Å². The Labute approximate surface area is 148 Å². The van der Waals surface area contributed by atoms with E-state index in [1.54, 1.807) is 14.2 Å². The van der Waals surface area contributed by atoms with E-state index in [1.807, 2.05) is 36.4 Å². The van der Waals surface area contributed by atoms with E-state index in [2.05, 4.69) is 17.0 Å². The first-order chi connectivity index (χ1) is 12.3. The van der Waals surface area contributed by atoms with E-state index in [1.165, 1.54) is 0 Å². The van der Waals surface area contributed by atoms with Gasteiger partial charge in [-0.25, -0.2) is 0 Å². The third-order valence-corrected chi connectivity index (χ3v) is 4.67. The van der Waals surface area contributed by atoms with Gasteiger partial charge in [0.1, 0.15) is 17.6 Å². The molecule has 0 saturated carbocycles. The van der Waals surface area contributed by atoms with E-state index >= 15 is 0 Å². The first kappa shape index (κ1) is 17.7. The van der Waals surface area contributed by atoms with Crippen LogP contribution in [0.25, 0.3) is 0 Å². The second-order valence-electron chi connectivity index (χ2n) is 6.06. The van der Waals surface area contributed by atoms with Crippen molar-refractivity contribution in [3.8, 4) is 11.5 Å². The predicted octanol–water partition coefficient (Wildman–Crippen LogP) is 2.64. The fraction of sp³-hybridized carbons (Fsp3) is 0.400. The van der Waals surface area contributed by atoms with Crippen LogP contribution in [0.1, 0.15) is 17.2 Å². The molecule has 25 heavy (non-hydrogen) atoms. The largest absolute Gasteiger partial charge is 0.496 e. The van der Waals surface area contributed by atoms with Gasteiger partial charge in [0.25, 0.3) is 0 Å². The van der Waals surface area contributed by atoms with Gasteiger partial charge in [-0.05, 0) is 17.7 Å². The summed E-state index contributed by atoms with van der Waals surface area (Å²) in [7, 11) is 3.34. The standard InChI is InChI=1S/C20H25NO4/c1-23-17-9-6-10-18(24-2)16(17)13-21-11-12-25-19(14-22)20(21)15-7-4-3-5-8-15/h3-10,19-20,22H,11-14H2,1-2H3/t19-,20-/m1/s1. The highest BCUT2D eigenvalue weighted by molar-refractivity contribution is 5.45. The maximum Gasteiger partial charge on any atom is 0.127 e. The lowest BCUT2D eigenvalue weighted by Gasteiger charge is -2.41. The van der Waals surface area contributed by atoms with Crippen LogP contribution in [0.2, 0.25) is 0 Å². The second kappa shape index (κ2) is 8.34. The number of nitrogens with zero attached hydrogens (tertiary/aromatic N) is 1. The lowest BCUT2D eigenvalue weighted by atomic mass is 9.97. The second-order valence-corrected chi connectivity index (χ2v) is 6.06. The minimum Gasteiger partial charge on any atom is -0.496 e. The van der Waals surface area contributed by atoms with Gasteiger partial charge in [0.15, 0.2) is 0 Å². The minimum absolute atomic E-state index is 0.0148. The van der Waals surface area contributed by atoms with Crippen molar-refractivity contribution in [3.63, 3.8) is 0 Å². The van der Waals surface area contributed by atoms with E-state index < -0.39 is 0 Å². The van der Waals surface area contributed by atoms with Crippen molar-refractivity contribution in [2.45, 2.75) is 18.7 Å². The van der Waals surface area contributed by atoms with Crippen molar-refractivity contribution in [1.82, 2.24) is 4.90 Å². The lowest BCUT2D eigenvalue weighted by Crippen LogP contribution is -2.46. The topological polar surface area (TPSA) is 51.2 Å². The Morgan fingerprint density at radius 1 is 1.04 bits per heavy atom. The Balaban J connectivity index is 1.94. The van der Waals surface area contributed by atoms with Crippen molar-refractivity contribution in [2.75, 3.05) is 34.0 Å². The molecule has 134 valence electrons. The molecule has 0 unspecified atom stereocenters. The van der Waals surface area contributed by atoms with Gasteiger partial charge < -0.3 is 19.3 Å². The molecule has 0 amide bonds. The molecule has 0 aromatic heterocycles. The lowest BCUT2D eigenvalue weighted by molar-refractivity contribution is -0.0962. The highest BCUT2D eigenvalue weighted by Gasteiger charge is 2.34. The van der Waals surface area contributed by atoms with Gasteiger partial charge in [-0.2, -0.15) is 0 Å². The molecule has 1 aliphatic rings. The number of hydrogen-bond acceptors (Lipinski definition) is 5. The zero-order chi connectivity index (χ0) is 17.6. The van der Waals surface area contributed by atoms with Crippen LogP contribution in [-0.2, 0) is 11.3 Å². The normalized spacial score (nSPS) is 21.1. The summed E-state index contributed by atoms with van der Waals surface area (Å²) in [6.45, 7) is 2.01. The van der Waals surface area contributed by atoms with Crippen LogP contribution in [0.4, 0.5) is 0 Å². The zero-order valence-electron chi connectivity index (χ0n) is 14.7. The maximum atomic E-state index is 9.81. The quantitative estimate of drug-likeness (QED) is 0.874. The maximum absolute atomic E-state index is 9.81. The van der Waals surface area contributed by atoms with Crippen LogP contribution in [0.15, 0.2) is 48.5 Å². The predicted molar refractivity (Wildman–Crippen MR) is 96.0 cm³/mol. The fourth-order valence-electron chi connectivity index (χ4n) is 3.48. The van der Waals surface area contributed by atoms with E-state index in [0.717, 1.165) is 29.2 Å². The molecule has 1 fully saturated rings. The molecule has 0 aliphatic carbocycles. The molecule has 0 radical (unpaired) electrons. The Bertz CT molecular complexity index is 654. The summed E-state index contributed by atoms with van der Waals surface area (Å²) in [5.41, 5.74) is 2.14. The smallest absolute Gasteiger partial charge is 0.127 e. The number of aliphatic hydroxyl groups excluding tert-OH is 1. The number of benzene rings is 2. The van der Waals surface area contributed by atoms with Crippen LogP contribution in [0.5, 0.6) is 11.5 Å². The molecule has 0 spiro atoms. The summed E-state index contributed by atoms with van der Waals surface area (Å²) in [5.74, 6) is 1.61. The number of morpholine rings is 1. The third kappa shape index (κ3) is 3.79. The first-order valence-electron chi connectivity index (χ1n) is 8.49. The van der Waals surface area contributed by atoms with Gasteiger partial charge in [-0.3, -0.25) is 4.90 Å². The van der Waals surface area contributed by atoms with Crippen LogP contribution in [-0.4, -0.2) is 50.1 Å². The Morgan fingerprint density at radius 2 is 1.72 bits per heavy atom. The average Bonchev–Trinajstić information content (AvgIpc) is 2.68. The van der Waals surface area contributed by atoms with Crippen molar-refractivity contribution in [2.24, 2.45) is 0 Å². The molecule has 5 nitrogen and oxygen atoms in total. The molecule has 2 atom stereocenters. The van der Waals surface area contributed by atoms with E-state index in [4.69, 9.17) is 14.2 Å². The fourth-order valence-corrected chi connectivity index (χ4v) is 3.48. The number of rotatable bonds is 6. The molecule has 2 aromatic carbocycles. The highest BCUT2D eigenvalue weighted by Crippen LogP contribution is 2.35. The average molecular weight is 343 g/mol. The molecule has 1 saturated heterocycles. The Morgan fingerprint density at radius 3 is 2.32 bits per heavy atom. The third-order valence-electron chi connectivity index (χ3n) is 4.67. The summed E-state index contributed by atoms with van der Waals surface area (Å²) in [6, 6.07) is 16.0.